The van der Waals surface area contributed by atoms with E-state index in [1.165, 1.54) is 0 Å². The van der Waals surface area contributed by atoms with Crippen LogP contribution in [0.5, 0.6) is 11.5 Å². The number of hydrogen-bond donors (Lipinski definition) is 2. The van der Waals surface area contributed by atoms with Crippen molar-refractivity contribution in [2.24, 2.45) is 0 Å². The Labute approximate surface area is 161 Å². The smallest absolute Gasteiger partial charge is 0.235 e. The van der Waals surface area contributed by atoms with Crippen molar-refractivity contribution < 1.29 is 14.3 Å². The van der Waals surface area contributed by atoms with Crippen LogP contribution in [-0.2, 0) is 17.9 Å². The van der Waals surface area contributed by atoms with Crippen molar-refractivity contribution in [1.29, 1.82) is 0 Å². The number of amides is 1. The van der Waals surface area contributed by atoms with Crippen LogP contribution in [0.15, 0.2) is 43.0 Å². The van der Waals surface area contributed by atoms with E-state index in [9.17, 15) is 4.79 Å². The van der Waals surface area contributed by atoms with E-state index in [0.29, 0.717) is 19.0 Å². The Kier molecular flexibility index (Phi) is 5.16. The van der Waals surface area contributed by atoms with Crippen molar-refractivity contribution in [3.8, 4) is 17.4 Å². The maximum absolute atomic E-state index is 12.1. The van der Waals surface area contributed by atoms with Crippen LogP contribution in [0.25, 0.3) is 5.95 Å². The van der Waals surface area contributed by atoms with Crippen molar-refractivity contribution in [3.63, 3.8) is 0 Å². The van der Waals surface area contributed by atoms with Gasteiger partial charge in [-0.15, -0.1) is 0 Å². The fourth-order valence-corrected chi connectivity index (χ4v) is 2.82. The highest BCUT2D eigenvalue weighted by Crippen LogP contribution is 2.32. The molecule has 3 aromatic rings. The molecule has 3 heterocycles. The predicted molar refractivity (Wildman–Crippen MR) is 100 cm³/mol. The lowest BCUT2D eigenvalue weighted by Crippen LogP contribution is -2.33. The van der Waals surface area contributed by atoms with E-state index in [-0.39, 0.29) is 19.2 Å². The van der Waals surface area contributed by atoms with Crippen molar-refractivity contribution in [1.82, 2.24) is 30.2 Å². The molecule has 1 aliphatic rings. The minimum Gasteiger partial charge on any atom is -0.454 e. The summed E-state index contributed by atoms with van der Waals surface area (Å²) in [5.41, 5.74) is 2.58. The second-order valence-corrected chi connectivity index (χ2v) is 6.34. The van der Waals surface area contributed by atoms with Gasteiger partial charge < -0.3 is 20.1 Å². The summed E-state index contributed by atoms with van der Waals surface area (Å²) in [4.78, 5) is 25.0. The Bertz CT molecular complexity index is 974. The van der Waals surface area contributed by atoms with Crippen LogP contribution in [0, 0.1) is 6.92 Å². The van der Waals surface area contributed by atoms with E-state index in [2.05, 4.69) is 25.6 Å². The van der Waals surface area contributed by atoms with Gasteiger partial charge in [-0.1, -0.05) is 6.07 Å². The van der Waals surface area contributed by atoms with Gasteiger partial charge in [-0.05, 0) is 30.7 Å². The highest BCUT2D eigenvalue weighted by Gasteiger charge is 2.13. The van der Waals surface area contributed by atoms with Gasteiger partial charge in [0.25, 0.3) is 0 Å². The fourth-order valence-electron chi connectivity index (χ4n) is 2.82. The Balaban J connectivity index is 1.27. The molecule has 0 bridgehead atoms. The number of fused-ring (bicyclic) bond motifs is 1. The Morgan fingerprint density at radius 3 is 2.93 bits per heavy atom. The molecule has 0 aliphatic carbocycles. The van der Waals surface area contributed by atoms with E-state index in [1.807, 2.05) is 31.2 Å². The molecule has 0 fully saturated rings. The van der Waals surface area contributed by atoms with Gasteiger partial charge >= 0.3 is 0 Å². The number of ether oxygens (including phenoxy) is 2. The van der Waals surface area contributed by atoms with Gasteiger partial charge in [0.2, 0.25) is 18.6 Å². The molecule has 9 heteroatoms. The number of rotatable bonds is 7. The van der Waals surface area contributed by atoms with Gasteiger partial charge in [0.05, 0.1) is 18.8 Å². The predicted octanol–water partition coefficient (Wildman–Crippen LogP) is 1.11. The van der Waals surface area contributed by atoms with E-state index in [0.717, 1.165) is 28.5 Å². The lowest BCUT2D eigenvalue weighted by atomic mass is 10.2. The number of carbonyl (C=O) groups is 1. The molecule has 0 spiro atoms. The van der Waals surface area contributed by atoms with E-state index >= 15 is 0 Å². The van der Waals surface area contributed by atoms with Crippen LogP contribution < -0.4 is 20.1 Å². The van der Waals surface area contributed by atoms with E-state index < -0.39 is 0 Å². The second-order valence-electron chi connectivity index (χ2n) is 6.34. The minimum absolute atomic E-state index is 0.110. The summed E-state index contributed by atoms with van der Waals surface area (Å²) in [5, 5.41) is 5.99. The molecule has 1 aliphatic heterocycles. The number of hydrogen-bond acceptors (Lipinski definition) is 7. The molecule has 2 N–H and O–H groups in total. The third-order valence-electron chi connectivity index (χ3n) is 4.15. The van der Waals surface area contributed by atoms with Crippen LogP contribution >= 0.6 is 0 Å². The van der Waals surface area contributed by atoms with Gasteiger partial charge in [0, 0.05) is 24.6 Å². The van der Waals surface area contributed by atoms with Gasteiger partial charge in [-0.3, -0.25) is 9.36 Å². The molecule has 4 rings (SSSR count). The van der Waals surface area contributed by atoms with Crippen molar-refractivity contribution in [3.05, 3.63) is 59.9 Å². The highest BCUT2D eigenvalue weighted by atomic mass is 16.7. The zero-order chi connectivity index (χ0) is 19.3. The number of aromatic nitrogens is 4. The fraction of sp³-hybridized carbons (Fsp3) is 0.263. The van der Waals surface area contributed by atoms with E-state index in [1.54, 1.807) is 23.3 Å². The summed E-state index contributed by atoms with van der Waals surface area (Å²) < 4.78 is 12.4. The maximum Gasteiger partial charge on any atom is 0.235 e. The molecule has 1 aromatic carbocycles. The molecule has 0 saturated carbocycles. The largest absolute Gasteiger partial charge is 0.454 e. The molecular formula is C19H20N6O3. The Hall–Kier alpha value is -3.46. The molecule has 0 unspecified atom stereocenters. The topological polar surface area (TPSA) is 103 Å². The number of carbonyl (C=O) groups excluding carboxylic acids is 1. The van der Waals surface area contributed by atoms with Crippen LogP contribution in [-0.4, -0.2) is 38.8 Å². The summed E-state index contributed by atoms with van der Waals surface area (Å²) in [6.07, 6.45) is 5.08. The van der Waals surface area contributed by atoms with Gasteiger partial charge in [0.1, 0.15) is 6.33 Å². The molecule has 0 radical (unpaired) electrons. The third kappa shape index (κ3) is 4.26. The van der Waals surface area contributed by atoms with Crippen LogP contribution in [0.4, 0.5) is 0 Å². The lowest BCUT2D eigenvalue weighted by molar-refractivity contribution is -0.120. The SMILES string of the molecule is Cc1cc(CNC(=O)CNCc2ccc3c(c2)OCO3)nc(-n2ccnc2)n1. The summed E-state index contributed by atoms with van der Waals surface area (Å²) in [6, 6.07) is 7.57. The van der Waals surface area contributed by atoms with Crippen molar-refractivity contribution >= 4 is 5.91 Å². The van der Waals surface area contributed by atoms with Crippen LogP contribution in [0.1, 0.15) is 17.0 Å². The molecule has 1 amide bonds. The number of nitrogens with one attached hydrogen (secondary N) is 2. The van der Waals surface area contributed by atoms with Crippen molar-refractivity contribution in [2.75, 3.05) is 13.3 Å². The summed E-state index contributed by atoms with van der Waals surface area (Å²) >= 11 is 0. The van der Waals surface area contributed by atoms with Crippen LogP contribution in [0.2, 0.25) is 0 Å². The molecule has 0 saturated heterocycles. The molecule has 2 aromatic heterocycles. The molecule has 28 heavy (non-hydrogen) atoms. The van der Waals surface area contributed by atoms with E-state index in [4.69, 9.17) is 9.47 Å². The monoisotopic (exact) mass is 380 g/mol. The molecule has 144 valence electrons. The minimum atomic E-state index is -0.110. The molecule has 9 nitrogen and oxygen atoms in total. The first-order chi connectivity index (χ1) is 13.7. The average Bonchev–Trinajstić information content (AvgIpc) is 3.37. The van der Waals surface area contributed by atoms with Crippen LogP contribution in [0.3, 0.4) is 0 Å². The first-order valence-corrected chi connectivity index (χ1v) is 8.86. The summed E-state index contributed by atoms with van der Waals surface area (Å²) in [7, 11) is 0. The third-order valence-corrected chi connectivity index (χ3v) is 4.15. The lowest BCUT2D eigenvalue weighted by Gasteiger charge is -2.09. The highest BCUT2D eigenvalue weighted by molar-refractivity contribution is 5.77. The Morgan fingerprint density at radius 2 is 2.07 bits per heavy atom. The first kappa shape index (κ1) is 17.9. The Morgan fingerprint density at radius 1 is 1.18 bits per heavy atom. The zero-order valence-electron chi connectivity index (χ0n) is 15.4. The standard InChI is InChI=1S/C19H20N6O3/c1-13-6-15(24-19(23-13)25-5-4-20-11-25)9-22-18(26)10-21-8-14-2-3-16-17(7-14)28-12-27-16/h2-7,11,21H,8-10,12H2,1H3,(H,22,26). The number of aryl methyl sites for hydroxylation is 1. The van der Waals surface area contributed by atoms with Gasteiger partial charge in [-0.2, -0.15) is 0 Å². The first-order valence-electron chi connectivity index (χ1n) is 8.86. The zero-order valence-corrected chi connectivity index (χ0v) is 15.4. The molecule has 0 atom stereocenters. The normalized spacial score (nSPS) is 12.2. The summed E-state index contributed by atoms with van der Waals surface area (Å²) in [6.45, 7) is 3.23. The summed E-state index contributed by atoms with van der Waals surface area (Å²) in [5.74, 6) is 1.90. The number of benzene rings is 1. The maximum atomic E-state index is 12.1. The van der Waals surface area contributed by atoms with Gasteiger partial charge in [0.15, 0.2) is 11.5 Å². The average molecular weight is 380 g/mol. The number of nitrogens with zero attached hydrogens (tertiary/aromatic N) is 4. The second kappa shape index (κ2) is 8.05. The molecular weight excluding hydrogens is 360 g/mol. The number of imidazole rings is 1. The van der Waals surface area contributed by atoms with Crippen molar-refractivity contribution in [2.45, 2.75) is 20.0 Å². The van der Waals surface area contributed by atoms with Gasteiger partial charge in [-0.25, -0.2) is 15.0 Å². The quantitative estimate of drug-likeness (QED) is 0.633.